The first-order valence-corrected chi connectivity index (χ1v) is 6.86. The van der Waals surface area contributed by atoms with E-state index in [0.717, 1.165) is 38.2 Å². The van der Waals surface area contributed by atoms with Gasteiger partial charge in [-0.3, -0.25) is 0 Å². The zero-order chi connectivity index (χ0) is 13.4. The van der Waals surface area contributed by atoms with Gasteiger partial charge in [0, 0.05) is 24.3 Å². The average Bonchev–Trinajstić information content (AvgIpc) is 2.38. The molecule has 100 valence electrons. The van der Waals surface area contributed by atoms with E-state index in [1.165, 1.54) is 5.56 Å². The molecule has 0 aliphatic rings. The molecular weight excluding hydrogens is 222 g/mol. The third kappa shape index (κ3) is 3.42. The Morgan fingerprint density at radius 2 is 1.83 bits per heavy atom. The number of hydrogen-bond donors (Lipinski definition) is 1. The van der Waals surface area contributed by atoms with Gasteiger partial charge in [0.25, 0.3) is 0 Å². The summed E-state index contributed by atoms with van der Waals surface area (Å²) in [5, 5.41) is 8.22. The summed E-state index contributed by atoms with van der Waals surface area (Å²) in [7, 11) is 0. The molecule has 0 fully saturated rings. The van der Waals surface area contributed by atoms with Crippen molar-refractivity contribution in [1.29, 1.82) is 5.41 Å². The van der Waals surface area contributed by atoms with E-state index in [0.29, 0.717) is 0 Å². The van der Waals surface area contributed by atoms with Crippen LogP contribution in [0.3, 0.4) is 0 Å². The first-order chi connectivity index (χ1) is 8.67. The zero-order valence-electron chi connectivity index (χ0n) is 11.8. The maximum absolute atomic E-state index is 8.22. The van der Waals surface area contributed by atoms with Crippen LogP contribution in [-0.2, 0) is 10.2 Å². The molecule has 0 aromatic heterocycles. The van der Waals surface area contributed by atoms with Crippen molar-refractivity contribution in [1.82, 2.24) is 0 Å². The molecule has 0 radical (unpaired) electrons. The molecule has 0 aliphatic heterocycles. The third-order valence-electron chi connectivity index (χ3n) is 3.60. The zero-order valence-corrected chi connectivity index (χ0v) is 11.8. The van der Waals surface area contributed by atoms with Gasteiger partial charge in [-0.05, 0) is 32.3 Å². The van der Waals surface area contributed by atoms with E-state index in [9.17, 15) is 0 Å². The minimum absolute atomic E-state index is 0.148. The number of ether oxygens (including phenoxy) is 1. The van der Waals surface area contributed by atoms with E-state index < -0.39 is 0 Å². The van der Waals surface area contributed by atoms with E-state index >= 15 is 0 Å². The summed E-state index contributed by atoms with van der Waals surface area (Å²) < 4.78 is 5.51. The first-order valence-electron chi connectivity index (χ1n) is 6.86. The lowest BCUT2D eigenvalue weighted by Crippen LogP contribution is -2.35. The SMILES string of the molecule is CCC[C@@](CCOCC)(C(C)=N)c1ccccc1. The smallest absolute Gasteiger partial charge is 0.0478 e. The standard InChI is InChI=1S/C16H25NO/c1-4-11-16(14(3)17,12-13-18-5-2)15-9-7-6-8-10-15/h6-10,17H,4-5,11-13H2,1-3H3/t16-/m1/s1. The Morgan fingerprint density at radius 1 is 1.17 bits per heavy atom. The first kappa shape index (κ1) is 14.9. The minimum Gasteiger partial charge on any atom is -0.382 e. The molecule has 1 aromatic carbocycles. The van der Waals surface area contributed by atoms with Crippen LogP contribution < -0.4 is 0 Å². The summed E-state index contributed by atoms with van der Waals surface area (Å²) in [5.41, 5.74) is 1.85. The quantitative estimate of drug-likeness (QED) is 0.542. The van der Waals surface area contributed by atoms with Crippen molar-refractivity contribution in [3.63, 3.8) is 0 Å². The molecule has 2 nitrogen and oxygen atoms in total. The van der Waals surface area contributed by atoms with Gasteiger partial charge in [0.05, 0.1) is 0 Å². The summed E-state index contributed by atoms with van der Waals surface area (Å²) >= 11 is 0. The molecule has 0 unspecified atom stereocenters. The fourth-order valence-electron chi connectivity index (χ4n) is 2.58. The molecule has 2 heteroatoms. The van der Waals surface area contributed by atoms with E-state index in [4.69, 9.17) is 10.1 Å². The van der Waals surface area contributed by atoms with E-state index in [1.807, 2.05) is 19.9 Å². The van der Waals surface area contributed by atoms with Gasteiger partial charge in [0.2, 0.25) is 0 Å². The fraction of sp³-hybridized carbons (Fsp3) is 0.562. The molecule has 1 rings (SSSR count). The lowest BCUT2D eigenvalue weighted by molar-refractivity contribution is 0.132. The van der Waals surface area contributed by atoms with Crippen LogP contribution in [-0.4, -0.2) is 18.9 Å². The van der Waals surface area contributed by atoms with Crippen molar-refractivity contribution < 1.29 is 4.74 Å². The Morgan fingerprint density at radius 3 is 2.33 bits per heavy atom. The average molecular weight is 247 g/mol. The van der Waals surface area contributed by atoms with Gasteiger partial charge in [-0.1, -0.05) is 43.7 Å². The second-order valence-electron chi connectivity index (χ2n) is 4.77. The lowest BCUT2D eigenvalue weighted by Gasteiger charge is -2.34. The minimum atomic E-state index is -0.148. The summed E-state index contributed by atoms with van der Waals surface area (Å²) in [4.78, 5) is 0. The molecule has 18 heavy (non-hydrogen) atoms. The highest BCUT2D eigenvalue weighted by atomic mass is 16.5. The van der Waals surface area contributed by atoms with Crippen molar-refractivity contribution in [3.8, 4) is 0 Å². The molecule has 0 bridgehead atoms. The molecule has 0 spiro atoms. The second kappa shape index (κ2) is 7.32. The summed E-state index contributed by atoms with van der Waals surface area (Å²) in [6.07, 6.45) is 2.99. The van der Waals surface area contributed by atoms with Crippen molar-refractivity contribution in [3.05, 3.63) is 35.9 Å². The molecule has 1 N–H and O–H groups in total. The second-order valence-corrected chi connectivity index (χ2v) is 4.77. The molecule has 1 atom stereocenters. The van der Waals surface area contributed by atoms with Crippen LogP contribution in [0.5, 0.6) is 0 Å². The Hall–Kier alpha value is -1.15. The van der Waals surface area contributed by atoms with Crippen molar-refractivity contribution >= 4 is 5.71 Å². The monoisotopic (exact) mass is 247 g/mol. The molecular formula is C16H25NO. The molecule has 0 saturated carbocycles. The Bertz CT molecular complexity index is 361. The molecule has 1 aromatic rings. The van der Waals surface area contributed by atoms with Crippen molar-refractivity contribution in [2.75, 3.05) is 13.2 Å². The predicted octanol–water partition coefficient (Wildman–Crippen LogP) is 4.19. The maximum atomic E-state index is 8.22. The maximum Gasteiger partial charge on any atom is 0.0478 e. The van der Waals surface area contributed by atoms with Crippen LogP contribution in [0.2, 0.25) is 0 Å². The molecule has 0 heterocycles. The van der Waals surface area contributed by atoms with Gasteiger partial charge in [0.15, 0.2) is 0 Å². The summed E-state index contributed by atoms with van der Waals surface area (Å²) in [6, 6.07) is 10.4. The van der Waals surface area contributed by atoms with Gasteiger partial charge in [0.1, 0.15) is 0 Å². The predicted molar refractivity (Wildman–Crippen MR) is 77.5 cm³/mol. The van der Waals surface area contributed by atoms with Gasteiger partial charge in [-0.25, -0.2) is 0 Å². The summed E-state index contributed by atoms with van der Waals surface area (Å²) in [6.45, 7) is 7.59. The van der Waals surface area contributed by atoms with Crippen LogP contribution in [0.15, 0.2) is 30.3 Å². The molecule has 0 aliphatic carbocycles. The number of benzene rings is 1. The Balaban J connectivity index is 3.01. The van der Waals surface area contributed by atoms with E-state index in [2.05, 4.69) is 31.2 Å². The summed E-state index contributed by atoms with van der Waals surface area (Å²) in [5.74, 6) is 0. The van der Waals surface area contributed by atoms with Crippen LogP contribution in [0.1, 0.15) is 45.6 Å². The Labute approximate surface area is 111 Å². The number of hydrogen-bond acceptors (Lipinski definition) is 2. The van der Waals surface area contributed by atoms with Crippen LogP contribution >= 0.6 is 0 Å². The van der Waals surface area contributed by atoms with Crippen LogP contribution in [0.25, 0.3) is 0 Å². The highest BCUT2D eigenvalue weighted by Gasteiger charge is 2.33. The van der Waals surface area contributed by atoms with Crippen molar-refractivity contribution in [2.24, 2.45) is 0 Å². The van der Waals surface area contributed by atoms with Gasteiger partial charge in [-0.2, -0.15) is 0 Å². The highest BCUT2D eigenvalue weighted by Crippen LogP contribution is 2.34. The Kier molecular flexibility index (Phi) is 6.06. The van der Waals surface area contributed by atoms with Crippen LogP contribution in [0, 0.1) is 5.41 Å². The highest BCUT2D eigenvalue weighted by molar-refractivity contribution is 5.90. The van der Waals surface area contributed by atoms with Crippen LogP contribution in [0.4, 0.5) is 0 Å². The van der Waals surface area contributed by atoms with E-state index in [1.54, 1.807) is 0 Å². The fourth-order valence-corrected chi connectivity index (χ4v) is 2.58. The largest absolute Gasteiger partial charge is 0.382 e. The van der Waals surface area contributed by atoms with Gasteiger partial charge >= 0.3 is 0 Å². The van der Waals surface area contributed by atoms with Crippen molar-refractivity contribution in [2.45, 2.75) is 45.4 Å². The number of nitrogens with one attached hydrogen (secondary N) is 1. The topological polar surface area (TPSA) is 33.1 Å². The normalized spacial score (nSPS) is 14.2. The van der Waals surface area contributed by atoms with E-state index in [-0.39, 0.29) is 5.41 Å². The van der Waals surface area contributed by atoms with Gasteiger partial charge < -0.3 is 10.1 Å². The lowest BCUT2D eigenvalue weighted by atomic mass is 9.71. The molecule has 0 saturated heterocycles. The molecule has 0 amide bonds. The third-order valence-corrected chi connectivity index (χ3v) is 3.60. The van der Waals surface area contributed by atoms with Gasteiger partial charge in [-0.15, -0.1) is 0 Å². The number of rotatable bonds is 8.